The number of aromatic hydroxyl groups is 2. The van der Waals surface area contributed by atoms with Gasteiger partial charge in [-0.15, -0.1) is 0 Å². The van der Waals surface area contributed by atoms with Crippen LogP contribution in [0.2, 0.25) is 10.0 Å². The molecule has 2 aromatic rings. The van der Waals surface area contributed by atoms with Gasteiger partial charge in [-0.3, -0.25) is 20.2 Å². The summed E-state index contributed by atoms with van der Waals surface area (Å²) in [5.41, 5.74) is 0.171. The van der Waals surface area contributed by atoms with Crippen LogP contribution >= 0.6 is 23.2 Å². The molecule has 2 rings (SSSR count). The standard InChI is InChI=1S/C18H18Cl2N2O6.Tc/c19-9-1-3-13(23)11(7-9)15(17(25)26)21-5-6-22-16(18(27)28)12-8-10(20)2-4-14(12)24;/h1-4,7-8,15-16,21-24H,5-6H2,(H,25,26)(H,27,28);/i;1+1. The number of benzene rings is 2. The van der Waals surface area contributed by atoms with Crippen molar-refractivity contribution in [1.82, 2.24) is 10.6 Å². The van der Waals surface area contributed by atoms with Gasteiger partial charge in [0.2, 0.25) is 0 Å². The number of carboxylic acids is 2. The van der Waals surface area contributed by atoms with Crippen LogP contribution in [0.4, 0.5) is 0 Å². The number of phenols is 2. The Morgan fingerprint density at radius 3 is 1.45 bits per heavy atom. The van der Waals surface area contributed by atoms with Crippen LogP contribution in [0.5, 0.6) is 11.5 Å². The molecule has 29 heavy (non-hydrogen) atoms. The molecule has 0 bridgehead atoms. The minimum Gasteiger partial charge on any atom is -0.508 e. The van der Waals surface area contributed by atoms with Crippen molar-refractivity contribution in [3.05, 3.63) is 57.6 Å². The molecule has 0 amide bonds. The monoisotopic (exact) mass is 527 g/mol. The molecule has 0 aliphatic carbocycles. The minimum absolute atomic E-state index is 0. The van der Waals surface area contributed by atoms with Gasteiger partial charge >= 0.3 is 11.9 Å². The van der Waals surface area contributed by atoms with Crippen molar-refractivity contribution in [2.45, 2.75) is 12.1 Å². The number of rotatable bonds is 9. The molecule has 0 fully saturated rings. The van der Waals surface area contributed by atoms with E-state index >= 15 is 0 Å². The normalized spacial score (nSPS) is 12.6. The first-order chi connectivity index (χ1) is 13.2. The molecule has 2 unspecified atom stereocenters. The zero-order chi connectivity index (χ0) is 20.8. The van der Waals surface area contributed by atoms with Crippen LogP contribution in [0.3, 0.4) is 0 Å². The first-order valence-electron chi connectivity index (χ1n) is 8.10. The van der Waals surface area contributed by atoms with Crippen LogP contribution in [-0.2, 0) is 29.7 Å². The van der Waals surface area contributed by atoms with Crippen LogP contribution in [0, 0.1) is 0 Å². The minimum atomic E-state index is -1.25. The number of nitrogens with one attached hydrogen (secondary N) is 2. The summed E-state index contributed by atoms with van der Waals surface area (Å²) in [4.78, 5) is 23.0. The number of carboxylic acid groups (broad SMARTS) is 2. The molecular formula is C18H18Cl2N2O6Tc. The maximum atomic E-state index is 11.5. The number of aliphatic carboxylic acids is 2. The fourth-order valence-corrected chi connectivity index (χ4v) is 2.97. The second-order valence-corrected chi connectivity index (χ2v) is 6.73. The average molecular weight is 528 g/mol. The van der Waals surface area contributed by atoms with Crippen molar-refractivity contribution < 1.29 is 50.1 Å². The van der Waals surface area contributed by atoms with Crippen molar-refractivity contribution in [3.63, 3.8) is 0 Å². The smallest absolute Gasteiger partial charge is 0.325 e. The van der Waals surface area contributed by atoms with Crippen molar-refractivity contribution >= 4 is 35.1 Å². The largest absolute Gasteiger partial charge is 0.508 e. The number of phenolic OH excluding ortho intramolecular Hbond substituents is 2. The zero-order valence-corrected chi connectivity index (χ0v) is 18.1. The molecule has 2 aromatic carbocycles. The Morgan fingerprint density at radius 2 is 1.14 bits per heavy atom. The van der Waals surface area contributed by atoms with Crippen LogP contribution in [0.15, 0.2) is 36.4 Å². The molecule has 157 valence electrons. The van der Waals surface area contributed by atoms with E-state index in [1.807, 2.05) is 0 Å². The molecule has 11 heteroatoms. The summed E-state index contributed by atoms with van der Waals surface area (Å²) < 4.78 is 0. The number of carbonyl (C=O) groups is 2. The molecule has 0 aliphatic rings. The van der Waals surface area contributed by atoms with Crippen molar-refractivity contribution in [1.29, 1.82) is 0 Å². The first kappa shape index (κ1) is 25.2. The van der Waals surface area contributed by atoms with Crippen molar-refractivity contribution in [2.75, 3.05) is 13.1 Å². The molecule has 2 atom stereocenters. The Labute approximate surface area is 189 Å². The number of hydrogen-bond donors (Lipinski definition) is 6. The summed E-state index contributed by atoms with van der Waals surface area (Å²) in [6.45, 7) is 0.0993. The Bertz CT molecular complexity index is 812. The van der Waals surface area contributed by atoms with Gasteiger partial charge in [-0.25, -0.2) is 0 Å². The zero-order valence-electron chi connectivity index (χ0n) is 14.8. The molecule has 0 spiro atoms. The Kier molecular flexibility index (Phi) is 9.85. The number of hydrogen-bond acceptors (Lipinski definition) is 6. The van der Waals surface area contributed by atoms with E-state index in [0.717, 1.165) is 0 Å². The van der Waals surface area contributed by atoms with E-state index in [4.69, 9.17) is 23.2 Å². The molecule has 0 saturated heterocycles. The third kappa shape index (κ3) is 6.85. The third-order valence-corrected chi connectivity index (χ3v) is 4.39. The van der Waals surface area contributed by atoms with Crippen LogP contribution in [-0.4, -0.2) is 45.5 Å². The summed E-state index contributed by atoms with van der Waals surface area (Å²) in [7, 11) is 0. The van der Waals surface area contributed by atoms with Crippen LogP contribution < -0.4 is 10.6 Å². The van der Waals surface area contributed by atoms with Gasteiger partial charge < -0.3 is 20.4 Å². The summed E-state index contributed by atoms with van der Waals surface area (Å²) >= 11 is 11.7. The fraction of sp³-hybridized carbons (Fsp3) is 0.222. The van der Waals surface area contributed by atoms with E-state index in [-0.39, 0.29) is 65.9 Å². The maximum Gasteiger partial charge on any atom is 0.325 e. The van der Waals surface area contributed by atoms with Gasteiger partial charge in [0.15, 0.2) is 0 Å². The quantitative estimate of drug-likeness (QED) is 0.273. The maximum absolute atomic E-state index is 11.5. The SMILES string of the molecule is O=C(O)C(NCCNC(C(=O)O)c1cc(Cl)ccc1O)c1cc(Cl)ccc1O.[99Tc]. The van der Waals surface area contributed by atoms with Crippen molar-refractivity contribution in [3.8, 4) is 11.5 Å². The van der Waals surface area contributed by atoms with Gasteiger partial charge in [-0.2, -0.15) is 0 Å². The van der Waals surface area contributed by atoms with Gasteiger partial charge in [0.25, 0.3) is 0 Å². The van der Waals surface area contributed by atoms with Gasteiger partial charge in [0, 0.05) is 54.4 Å². The van der Waals surface area contributed by atoms with E-state index in [9.17, 15) is 30.0 Å². The molecule has 8 nitrogen and oxygen atoms in total. The molecular weight excluding hydrogens is 510 g/mol. The predicted molar refractivity (Wildman–Crippen MR) is 103 cm³/mol. The van der Waals surface area contributed by atoms with Gasteiger partial charge in [-0.05, 0) is 36.4 Å². The average Bonchev–Trinajstić information content (AvgIpc) is 2.62. The Balaban J connectivity index is 0.00000420. The second kappa shape index (κ2) is 11.3. The third-order valence-electron chi connectivity index (χ3n) is 3.92. The number of halogens is 2. The van der Waals surface area contributed by atoms with Gasteiger partial charge in [0.1, 0.15) is 23.6 Å². The van der Waals surface area contributed by atoms with Crippen LogP contribution in [0.1, 0.15) is 23.2 Å². The van der Waals surface area contributed by atoms with Crippen LogP contribution in [0.25, 0.3) is 0 Å². The van der Waals surface area contributed by atoms with E-state index in [1.54, 1.807) is 0 Å². The fourth-order valence-electron chi connectivity index (χ4n) is 2.61. The summed E-state index contributed by atoms with van der Waals surface area (Å²) in [6, 6.07) is 5.60. The van der Waals surface area contributed by atoms with E-state index < -0.39 is 24.0 Å². The topological polar surface area (TPSA) is 139 Å². The summed E-state index contributed by atoms with van der Waals surface area (Å²) in [5, 5.41) is 44.5. The molecule has 1 radical (unpaired) electrons. The Morgan fingerprint density at radius 1 is 0.793 bits per heavy atom. The molecule has 0 aliphatic heterocycles. The summed E-state index contributed by atoms with van der Waals surface area (Å²) in [5.74, 6) is -2.94. The van der Waals surface area contributed by atoms with E-state index in [0.29, 0.717) is 0 Å². The van der Waals surface area contributed by atoms with Gasteiger partial charge in [-0.1, -0.05) is 23.2 Å². The van der Waals surface area contributed by atoms with E-state index in [2.05, 4.69) is 10.6 Å². The predicted octanol–water partition coefficient (Wildman–Crippen LogP) is 2.53. The summed E-state index contributed by atoms with van der Waals surface area (Å²) in [6.07, 6.45) is 0. The molecule has 0 aromatic heterocycles. The molecule has 6 N–H and O–H groups in total. The first-order valence-corrected chi connectivity index (χ1v) is 8.85. The van der Waals surface area contributed by atoms with Gasteiger partial charge in [0.05, 0.1) is 0 Å². The van der Waals surface area contributed by atoms with E-state index in [1.165, 1.54) is 36.4 Å². The molecule has 0 heterocycles. The second-order valence-electron chi connectivity index (χ2n) is 5.86. The Hall–Kier alpha value is -1.87. The van der Waals surface area contributed by atoms with Crippen molar-refractivity contribution in [2.24, 2.45) is 0 Å². The molecule has 0 saturated carbocycles.